The van der Waals surface area contributed by atoms with Gasteiger partial charge in [0.05, 0.1) is 4.92 Å². The number of nitrogens with zero attached hydrogens (tertiary/aromatic N) is 4. The van der Waals surface area contributed by atoms with Gasteiger partial charge in [-0.05, 0) is 6.92 Å². The molecule has 0 radical (unpaired) electrons. The van der Waals surface area contributed by atoms with Crippen molar-refractivity contribution in [3.63, 3.8) is 0 Å². The lowest BCUT2D eigenvalue weighted by atomic mass is 10.2. The van der Waals surface area contributed by atoms with Gasteiger partial charge in [0.2, 0.25) is 0 Å². The zero-order valence-electron chi connectivity index (χ0n) is 9.61. The first-order valence-electron chi connectivity index (χ1n) is 5.49. The molecule has 3 rings (SSSR count). The lowest BCUT2D eigenvalue weighted by Crippen LogP contribution is -2.04. The van der Waals surface area contributed by atoms with Gasteiger partial charge in [-0.3, -0.25) is 14.7 Å². The molecule has 0 bridgehead atoms. The molecule has 0 saturated heterocycles. The SMILES string of the molecule is C[C@H]1CSc2nnc(-c3cccc([N+](=O)[O-])c3)n21. The summed E-state index contributed by atoms with van der Waals surface area (Å²) in [7, 11) is 0. The second kappa shape index (κ2) is 4.09. The molecular formula is C11H10N4O2S. The van der Waals surface area contributed by atoms with Gasteiger partial charge in [0.25, 0.3) is 5.69 Å². The Balaban J connectivity index is 2.11. The van der Waals surface area contributed by atoms with Crippen molar-refractivity contribution in [2.24, 2.45) is 0 Å². The second-order valence-electron chi connectivity index (χ2n) is 4.14. The van der Waals surface area contributed by atoms with Gasteiger partial charge in [-0.15, -0.1) is 10.2 Å². The summed E-state index contributed by atoms with van der Waals surface area (Å²) in [6.07, 6.45) is 0. The molecule has 0 amide bonds. The van der Waals surface area contributed by atoms with Crippen LogP contribution < -0.4 is 0 Å². The van der Waals surface area contributed by atoms with E-state index in [-0.39, 0.29) is 5.69 Å². The van der Waals surface area contributed by atoms with Crippen LogP contribution in [-0.2, 0) is 0 Å². The average molecular weight is 262 g/mol. The Morgan fingerprint density at radius 1 is 1.50 bits per heavy atom. The highest BCUT2D eigenvalue weighted by molar-refractivity contribution is 7.99. The topological polar surface area (TPSA) is 73.8 Å². The number of fused-ring (bicyclic) bond motifs is 1. The maximum Gasteiger partial charge on any atom is 0.270 e. The molecule has 1 aromatic heterocycles. The highest BCUT2D eigenvalue weighted by atomic mass is 32.2. The van der Waals surface area contributed by atoms with Crippen molar-refractivity contribution in [2.45, 2.75) is 18.1 Å². The molecule has 2 heterocycles. The summed E-state index contributed by atoms with van der Waals surface area (Å²) in [6.45, 7) is 2.09. The fraction of sp³-hybridized carbons (Fsp3) is 0.273. The Kier molecular flexibility index (Phi) is 2.55. The number of hydrogen-bond donors (Lipinski definition) is 0. The summed E-state index contributed by atoms with van der Waals surface area (Å²) >= 11 is 1.66. The van der Waals surface area contributed by atoms with Gasteiger partial charge >= 0.3 is 0 Å². The number of aromatic nitrogens is 3. The maximum absolute atomic E-state index is 10.8. The van der Waals surface area contributed by atoms with Crippen molar-refractivity contribution in [1.29, 1.82) is 0 Å². The molecule has 1 atom stereocenters. The standard InChI is InChI=1S/C11H10N4O2S/c1-7-6-18-11-13-12-10(14(7)11)8-3-2-4-9(5-8)15(16)17/h2-5,7H,6H2,1H3/t7-/m0/s1. The second-order valence-corrected chi connectivity index (χ2v) is 5.13. The first-order valence-corrected chi connectivity index (χ1v) is 6.48. The lowest BCUT2D eigenvalue weighted by Gasteiger charge is -2.08. The number of hydrogen-bond acceptors (Lipinski definition) is 5. The normalized spacial score (nSPS) is 17.7. The predicted octanol–water partition coefficient (Wildman–Crippen LogP) is 2.52. The number of nitro benzene ring substituents is 1. The van der Waals surface area contributed by atoms with E-state index in [0.717, 1.165) is 16.5 Å². The summed E-state index contributed by atoms with van der Waals surface area (Å²) in [5.74, 6) is 1.67. The van der Waals surface area contributed by atoms with Gasteiger partial charge in [-0.25, -0.2) is 0 Å². The van der Waals surface area contributed by atoms with Crippen LogP contribution in [0.4, 0.5) is 5.69 Å². The zero-order valence-corrected chi connectivity index (χ0v) is 10.4. The van der Waals surface area contributed by atoms with Crippen molar-refractivity contribution >= 4 is 17.4 Å². The third-order valence-corrected chi connectivity index (χ3v) is 4.06. The molecule has 7 heteroatoms. The van der Waals surface area contributed by atoms with Crippen LogP contribution in [0.5, 0.6) is 0 Å². The Hall–Kier alpha value is -1.89. The molecule has 6 nitrogen and oxygen atoms in total. The van der Waals surface area contributed by atoms with Crippen LogP contribution in [0.25, 0.3) is 11.4 Å². The Morgan fingerprint density at radius 2 is 2.33 bits per heavy atom. The van der Waals surface area contributed by atoms with Gasteiger partial charge in [0.15, 0.2) is 11.0 Å². The molecule has 0 spiro atoms. The summed E-state index contributed by atoms with van der Waals surface area (Å²) in [4.78, 5) is 10.4. The highest BCUT2D eigenvalue weighted by Gasteiger charge is 2.25. The smallest absolute Gasteiger partial charge is 0.270 e. The Morgan fingerprint density at radius 3 is 3.11 bits per heavy atom. The summed E-state index contributed by atoms with van der Waals surface area (Å²) in [5.41, 5.74) is 0.806. The molecule has 1 aliphatic heterocycles. The van der Waals surface area contributed by atoms with Gasteiger partial charge in [0.1, 0.15) is 0 Å². The molecule has 0 unspecified atom stereocenters. The van der Waals surface area contributed by atoms with Crippen LogP contribution in [-0.4, -0.2) is 25.4 Å². The minimum absolute atomic E-state index is 0.0724. The van der Waals surface area contributed by atoms with Crippen molar-refractivity contribution in [3.8, 4) is 11.4 Å². The molecule has 2 aromatic rings. The predicted molar refractivity (Wildman–Crippen MR) is 67.5 cm³/mol. The van der Waals surface area contributed by atoms with Crippen LogP contribution in [0, 0.1) is 10.1 Å². The number of benzene rings is 1. The minimum atomic E-state index is -0.400. The highest BCUT2D eigenvalue weighted by Crippen LogP contribution is 2.36. The molecule has 92 valence electrons. The fourth-order valence-electron chi connectivity index (χ4n) is 2.00. The van der Waals surface area contributed by atoms with E-state index >= 15 is 0 Å². The van der Waals surface area contributed by atoms with E-state index < -0.39 is 4.92 Å². The molecular weight excluding hydrogens is 252 g/mol. The fourth-order valence-corrected chi connectivity index (χ4v) is 3.04. The van der Waals surface area contributed by atoms with Crippen LogP contribution >= 0.6 is 11.8 Å². The Labute approximate surface area is 107 Å². The first kappa shape index (κ1) is 11.2. The van der Waals surface area contributed by atoms with Crippen LogP contribution in [0.3, 0.4) is 0 Å². The summed E-state index contributed by atoms with van der Waals surface area (Å²) < 4.78 is 2.03. The molecule has 1 aromatic carbocycles. The van der Waals surface area contributed by atoms with E-state index in [1.165, 1.54) is 12.1 Å². The zero-order chi connectivity index (χ0) is 12.7. The van der Waals surface area contributed by atoms with Crippen molar-refractivity contribution in [1.82, 2.24) is 14.8 Å². The minimum Gasteiger partial charge on any atom is -0.298 e. The number of nitro groups is 1. The van der Waals surface area contributed by atoms with Gasteiger partial charge in [-0.2, -0.15) is 0 Å². The van der Waals surface area contributed by atoms with Gasteiger partial charge < -0.3 is 0 Å². The molecule has 1 aliphatic rings. The van der Waals surface area contributed by atoms with Crippen LogP contribution in [0.1, 0.15) is 13.0 Å². The lowest BCUT2D eigenvalue weighted by molar-refractivity contribution is -0.384. The number of thioether (sulfide) groups is 1. The first-order chi connectivity index (χ1) is 8.66. The number of non-ortho nitro benzene ring substituents is 1. The van der Waals surface area contributed by atoms with Crippen LogP contribution in [0.15, 0.2) is 29.4 Å². The quantitative estimate of drug-likeness (QED) is 0.614. The summed E-state index contributed by atoms with van der Waals surface area (Å²) in [5, 5.41) is 19.9. The molecule has 0 saturated carbocycles. The summed E-state index contributed by atoms with van der Waals surface area (Å²) in [6, 6.07) is 6.81. The van der Waals surface area contributed by atoms with E-state index in [4.69, 9.17) is 0 Å². The van der Waals surface area contributed by atoms with E-state index in [1.807, 2.05) is 10.6 Å². The van der Waals surface area contributed by atoms with Gasteiger partial charge in [-0.1, -0.05) is 23.9 Å². The largest absolute Gasteiger partial charge is 0.298 e. The number of rotatable bonds is 2. The molecule has 0 fully saturated rings. The molecule has 0 N–H and O–H groups in total. The van der Waals surface area contributed by atoms with Crippen molar-refractivity contribution in [2.75, 3.05) is 5.75 Å². The Bertz CT molecular complexity index is 625. The van der Waals surface area contributed by atoms with E-state index in [2.05, 4.69) is 17.1 Å². The van der Waals surface area contributed by atoms with E-state index in [0.29, 0.717) is 11.9 Å². The maximum atomic E-state index is 10.8. The third-order valence-electron chi connectivity index (χ3n) is 2.87. The van der Waals surface area contributed by atoms with Gasteiger partial charge in [0, 0.05) is 29.5 Å². The van der Waals surface area contributed by atoms with E-state index in [1.54, 1.807) is 17.8 Å². The molecule has 18 heavy (non-hydrogen) atoms. The third kappa shape index (κ3) is 1.67. The monoisotopic (exact) mass is 262 g/mol. The van der Waals surface area contributed by atoms with E-state index in [9.17, 15) is 10.1 Å². The molecule has 0 aliphatic carbocycles. The van der Waals surface area contributed by atoms with Crippen LogP contribution in [0.2, 0.25) is 0 Å². The van der Waals surface area contributed by atoms with Crippen molar-refractivity contribution in [3.05, 3.63) is 34.4 Å². The average Bonchev–Trinajstić information content (AvgIpc) is 2.93. The van der Waals surface area contributed by atoms with Crippen molar-refractivity contribution < 1.29 is 4.92 Å².